The van der Waals surface area contributed by atoms with Gasteiger partial charge in [0.1, 0.15) is 6.33 Å². The Morgan fingerprint density at radius 1 is 1.29 bits per heavy atom. The van der Waals surface area contributed by atoms with Gasteiger partial charge in [0.15, 0.2) is 0 Å². The van der Waals surface area contributed by atoms with Crippen molar-refractivity contribution in [1.29, 1.82) is 0 Å². The van der Waals surface area contributed by atoms with Crippen molar-refractivity contribution in [1.82, 2.24) is 9.55 Å². The minimum Gasteiger partial charge on any atom is -0.376 e. The Morgan fingerprint density at radius 2 is 2.12 bits per heavy atom. The molecule has 0 unspecified atom stereocenters. The molecule has 17 heavy (non-hydrogen) atoms. The molecule has 0 spiro atoms. The highest BCUT2D eigenvalue weighted by Crippen LogP contribution is 2.01. The van der Waals surface area contributed by atoms with Crippen LogP contribution in [0.15, 0.2) is 49.1 Å². The van der Waals surface area contributed by atoms with Crippen LogP contribution in [0.5, 0.6) is 0 Å². The highest BCUT2D eigenvalue weighted by atomic mass is 16.5. The minimum absolute atomic E-state index is 0.00411. The van der Waals surface area contributed by atoms with E-state index < -0.39 is 0 Å². The monoisotopic (exact) mass is 230 g/mol. The lowest BCUT2D eigenvalue weighted by Gasteiger charge is -2.04. The summed E-state index contributed by atoms with van der Waals surface area (Å²) in [5.41, 5.74) is 1.11. The summed E-state index contributed by atoms with van der Waals surface area (Å²) in [5, 5.41) is 0. The van der Waals surface area contributed by atoms with E-state index in [-0.39, 0.29) is 5.91 Å². The molecule has 0 amide bonds. The number of nitrogens with zero attached hydrogens (tertiary/aromatic N) is 2. The highest BCUT2D eigenvalue weighted by Gasteiger charge is 2.03. The van der Waals surface area contributed by atoms with Gasteiger partial charge in [-0.1, -0.05) is 30.3 Å². The van der Waals surface area contributed by atoms with Crippen LogP contribution in [-0.4, -0.2) is 22.1 Å². The van der Waals surface area contributed by atoms with E-state index in [9.17, 15) is 4.79 Å². The van der Waals surface area contributed by atoms with E-state index in [1.165, 1.54) is 10.9 Å². The minimum atomic E-state index is -0.00411. The van der Waals surface area contributed by atoms with Gasteiger partial charge in [0.2, 0.25) is 5.91 Å². The number of benzene rings is 1. The topological polar surface area (TPSA) is 44.1 Å². The number of carbonyl (C=O) groups excluding carboxylic acids is 1. The fourth-order valence-corrected chi connectivity index (χ4v) is 1.46. The lowest BCUT2D eigenvalue weighted by molar-refractivity contribution is 0.0776. The van der Waals surface area contributed by atoms with E-state index in [0.717, 1.165) is 5.56 Å². The first-order valence-electron chi connectivity index (χ1n) is 5.49. The maximum Gasteiger partial charge on any atom is 0.234 e. The first-order valence-corrected chi connectivity index (χ1v) is 5.49. The molecule has 1 aromatic heterocycles. The molecule has 1 heterocycles. The largest absolute Gasteiger partial charge is 0.376 e. The molecular formula is C13H14N2O2. The van der Waals surface area contributed by atoms with Crippen LogP contribution >= 0.6 is 0 Å². The zero-order valence-corrected chi connectivity index (χ0v) is 9.45. The predicted octanol–water partition coefficient (Wildman–Crippen LogP) is 2.13. The molecule has 1 aromatic carbocycles. The van der Waals surface area contributed by atoms with Crippen molar-refractivity contribution in [3.8, 4) is 0 Å². The average Bonchev–Trinajstić information content (AvgIpc) is 2.89. The summed E-state index contributed by atoms with van der Waals surface area (Å²) in [4.78, 5) is 15.4. The molecule has 0 aliphatic rings. The Hall–Kier alpha value is -1.94. The molecule has 0 saturated heterocycles. The van der Waals surface area contributed by atoms with Gasteiger partial charge in [0.05, 0.1) is 19.6 Å². The SMILES string of the molecule is O=C(CCOCc1ccccc1)n1ccnc1. The summed E-state index contributed by atoms with van der Waals surface area (Å²) in [6.07, 6.45) is 5.09. The van der Waals surface area contributed by atoms with Gasteiger partial charge in [-0.15, -0.1) is 0 Å². The Labute approximate surface area is 99.9 Å². The Kier molecular flexibility index (Phi) is 4.05. The fraction of sp³-hybridized carbons (Fsp3) is 0.231. The van der Waals surface area contributed by atoms with E-state index in [2.05, 4.69) is 4.98 Å². The maximum absolute atomic E-state index is 11.6. The fourth-order valence-electron chi connectivity index (χ4n) is 1.46. The third-order valence-electron chi connectivity index (χ3n) is 2.36. The molecule has 0 aliphatic heterocycles. The average molecular weight is 230 g/mol. The van der Waals surface area contributed by atoms with E-state index >= 15 is 0 Å². The molecule has 0 fully saturated rings. The number of imidazole rings is 1. The number of carbonyl (C=O) groups is 1. The molecule has 0 bridgehead atoms. The second-order valence-corrected chi connectivity index (χ2v) is 3.65. The lowest BCUT2D eigenvalue weighted by atomic mass is 10.2. The standard InChI is InChI=1S/C13H14N2O2/c16-13(15-8-7-14-11-15)6-9-17-10-12-4-2-1-3-5-12/h1-5,7-8,11H,6,9-10H2. The number of rotatable bonds is 5. The van der Waals surface area contributed by atoms with Gasteiger partial charge in [-0.05, 0) is 5.56 Å². The summed E-state index contributed by atoms with van der Waals surface area (Å²) in [7, 11) is 0. The molecule has 88 valence electrons. The number of hydrogen-bond donors (Lipinski definition) is 0. The van der Waals surface area contributed by atoms with E-state index in [4.69, 9.17) is 4.74 Å². The molecule has 2 aromatic rings. The van der Waals surface area contributed by atoms with E-state index in [0.29, 0.717) is 19.6 Å². The normalized spacial score (nSPS) is 10.4. The van der Waals surface area contributed by atoms with Crippen molar-refractivity contribution in [2.24, 2.45) is 0 Å². The Morgan fingerprint density at radius 3 is 2.82 bits per heavy atom. The second-order valence-electron chi connectivity index (χ2n) is 3.65. The summed E-state index contributed by atoms with van der Waals surface area (Å²) < 4.78 is 6.90. The van der Waals surface area contributed by atoms with Gasteiger partial charge in [-0.2, -0.15) is 0 Å². The Balaban J connectivity index is 1.69. The number of aromatic nitrogens is 2. The van der Waals surface area contributed by atoms with Crippen LogP contribution < -0.4 is 0 Å². The van der Waals surface area contributed by atoms with Crippen molar-refractivity contribution < 1.29 is 9.53 Å². The van der Waals surface area contributed by atoms with Crippen LogP contribution in [0, 0.1) is 0 Å². The predicted molar refractivity (Wildman–Crippen MR) is 63.6 cm³/mol. The van der Waals surface area contributed by atoms with Gasteiger partial charge in [0.25, 0.3) is 0 Å². The highest BCUT2D eigenvalue weighted by molar-refractivity contribution is 5.78. The molecule has 0 N–H and O–H groups in total. The zero-order chi connectivity index (χ0) is 11.9. The zero-order valence-electron chi connectivity index (χ0n) is 9.45. The van der Waals surface area contributed by atoms with Crippen molar-refractivity contribution in [3.63, 3.8) is 0 Å². The quantitative estimate of drug-likeness (QED) is 0.739. The summed E-state index contributed by atoms with van der Waals surface area (Å²) >= 11 is 0. The van der Waals surface area contributed by atoms with Gasteiger partial charge in [-0.3, -0.25) is 9.36 Å². The van der Waals surface area contributed by atoms with Gasteiger partial charge in [-0.25, -0.2) is 4.98 Å². The van der Waals surface area contributed by atoms with Crippen LogP contribution in [0.3, 0.4) is 0 Å². The summed E-state index contributed by atoms with van der Waals surface area (Å²) in [6.45, 7) is 0.962. The maximum atomic E-state index is 11.6. The van der Waals surface area contributed by atoms with Gasteiger partial charge in [0, 0.05) is 12.4 Å². The van der Waals surface area contributed by atoms with Crippen LogP contribution in [0.2, 0.25) is 0 Å². The molecule has 0 atom stereocenters. The van der Waals surface area contributed by atoms with Crippen molar-refractivity contribution in [3.05, 3.63) is 54.6 Å². The molecule has 2 rings (SSSR count). The summed E-state index contributed by atoms with van der Waals surface area (Å²) in [5.74, 6) is -0.00411. The van der Waals surface area contributed by atoms with Gasteiger partial charge < -0.3 is 4.74 Å². The van der Waals surface area contributed by atoms with E-state index in [1.807, 2.05) is 30.3 Å². The first-order chi connectivity index (χ1) is 8.36. The molecule has 4 heteroatoms. The van der Waals surface area contributed by atoms with Crippen LogP contribution in [-0.2, 0) is 11.3 Å². The van der Waals surface area contributed by atoms with Crippen LogP contribution in [0.25, 0.3) is 0 Å². The van der Waals surface area contributed by atoms with Crippen molar-refractivity contribution in [2.75, 3.05) is 6.61 Å². The molecule has 0 aliphatic carbocycles. The first kappa shape index (κ1) is 11.5. The molecule has 4 nitrogen and oxygen atoms in total. The van der Waals surface area contributed by atoms with Crippen LogP contribution in [0.1, 0.15) is 16.8 Å². The second kappa shape index (κ2) is 5.96. The lowest BCUT2D eigenvalue weighted by Crippen LogP contribution is -2.11. The van der Waals surface area contributed by atoms with Crippen molar-refractivity contribution in [2.45, 2.75) is 13.0 Å². The Bertz CT molecular complexity index is 452. The third-order valence-corrected chi connectivity index (χ3v) is 2.36. The molecule has 0 saturated carbocycles. The molecule has 0 radical (unpaired) electrons. The van der Waals surface area contributed by atoms with Gasteiger partial charge >= 0.3 is 0 Å². The summed E-state index contributed by atoms with van der Waals surface area (Å²) in [6, 6.07) is 9.89. The molecular weight excluding hydrogens is 216 g/mol. The third kappa shape index (κ3) is 3.53. The number of ether oxygens (including phenoxy) is 1. The van der Waals surface area contributed by atoms with E-state index in [1.54, 1.807) is 12.4 Å². The smallest absolute Gasteiger partial charge is 0.234 e. The number of hydrogen-bond acceptors (Lipinski definition) is 3. The van der Waals surface area contributed by atoms with Crippen molar-refractivity contribution >= 4 is 5.91 Å². The van der Waals surface area contributed by atoms with Crippen LogP contribution in [0.4, 0.5) is 0 Å².